The quantitative estimate of drug-likeness (QED) is 0.680. The van der Waals surface area contributed by atoms with Gasteiger partial charge in [-0.1, -0.05) is 0 Å². The zero-order chi connectivity index (χ0) is 15.6. The first-order chi connectivity index (χ1) is 9.88. The molecule has 0 saturated carbocycles. The molecular weight excluding hydrogens is 304 g/mol. The molecule has 1 amide bonds. The van der Waals surface area contributed by atoms with Crippen LogP contribution in [0.1, 0.15) is 16.8 Å². The molecule has 1 aromatic carbocycles. The van der Waals surface area contributed by atoms with Gasteiger partial charge in [-0.3, -0.25) is 14.9 Å². The van der Waals surface area contributed by atoms with Crippen LogP contribution in [-0.2, 0) is 0 Å². The maximum atomic E-state index is 13.9. The highest BCUT2D eigenvalue weighted by molar-refractivity contribution is 7.99. The van der Waals surface area contributed by atoms with Gasteiger partial charge >= 0.3 is 5.69 Å². The molecule has 1 aliphatic rings. The van der Waals surface area contributed by atoms with E-state index in [1.165, 1.54) is 11.8 Å². The minimum atomic E-state index is -1.42. The van der Waals surface area contributed by atoms with E-state index in [1.807, 2.05) is 6.07 Å². The molecule has 1 saturated heterocycles. The Morgan fingerprint density at radius 2 is 2.24 bits per heavy atom. The van der Waals surface area contributed by atoms with Crippen LogP contribution in [0.3, 0.4) is 0 Å². The summed E-state index contributed by atoms with van der Waals surface area (Å²) in [6.45, 7) is 0. The van der Waals surface area contributed by atoms with E-state index in [1.54, 1.807) is 0 Å². The molecule has 1 atom stereocenters. The monoisotopic (exact) mass is 313 g/mol. The van der Waals surface area contributed by atoms with E-state index in [9.17, 15) is 23.7 Å². The highest BCUT2D eigenvalue weighted by Crippen LogP contribution is 2.29. The van der Waals surface area contributed by atoms with E-state index in [2.05, 4.69) is 5.32 Å². The predicted octanol–water partition coefficient (Wildman–Crippen LogP) is 2.00. The molecule has 110 valence electrons. The molecule has 1 aliphatic heterocycles. The summed E-state index contributed by atoms with van der Waals surface area (Å²) in [4.78, 5) is 21.5. The van der Waals surface area contributed by atoms with E-state index in [0.717, 1.165) is 0 Å². The smallest absolute Gasteiger partial charge is 0.308 e. The maximum Gasteiger partial charge on any atom is 0.308 e. The van der Waals surface area contributed by atoms with Crippen LogP contribution in [0.2, 0.25) is 0 Å². The fourth-order valence-corrected chi connectivity index (χ4v) is 3.20. The molecule has 2 rings (SSSR count). The van der Waals surface area contributed by atoms with Crippen LogP contribution in [0.4, 0.5) is 14.5 Å². The Bertz CT molecular complexity index is 654. The predicted molar refractivity (Wildman–Crippen MR) is 70.8 cm³/mol. The van der Waals surface area contributed by atoms with Gasteiger partial charge in [-0.15, -0.1) is 0 Å². The van der Waals surface area contributed by atoms with E-state index in [-0.39, 0.29) is 0 Å². The average Bonchev–Trinajstić information content (AvgIpc) is 2.89. The number of nitriles is 1. The van der Waals surface area contributed by atoms with Crippen molar-refractivity contribution in [3.05, 3.63) is 39.4 Å². The lowest BCUT2D eigenvalue weighted by Crippen LogP contribution is -2.47. The van der Waals surface area contributed by atoms with Crippen molar-refractivity contribution < 1.29 is 18.5 Å². The lowest BCUT2D eigenvalue weighted by Gasteiger charge is -2.21. The minimum Gasteiger partial charge on any atom is -0.333 e. The molecule has 0 spiro atoms. The first kappa shape index (κ1) is 15.2. The van der Waals surface area contributed by atoms with E-state index < -0.39 is 39.3 Å². The number of nitro groups is 1. The Labute approximate surface area is 122 Å². The van der Waals surface area contributed by atoms with Crippen molar-refractivity contribution in [3.8, 4) is 6.07 Å². The van der Waals surface area contributed by atoms with Gasteiger partial charge < -0.3 is 5.32 Å². The van der Waals surface area contributed by atoms with Crippen molar-refractivity contribution in [3.63, 3.8) is 0 Å². The van der Waals surface area contributed by atoms with Crippen LogP contribution in [0.25, 0.3) is 0 Å². The summed E-state index contributed by atoms with van der Waals surface area (Å²) in [6, 6.07) is 2.92. The Balaban J connectivity index is 2.36. The van der Waals surface area contributed by atoms with Gasteiger partial charge in [-0.25, -0.2) is 4.39 Å². The minimum absolute atomic E-state index is 0.328. The van der Waals surface area contributed by atoms with Crippen molar-refractivity contribution in [1.82, 2.24) is 5.32 Å². The van der Waals surface area contributed by atoms with E-state index in [4.69, 9.17) is 5.26 Å². The zero-order valence-corrected chi connectivity index (χ0v) is 11.4. The molecular formula is C12H9F2N3O3S. The summed E-state index contributed by atoms with van der Waals surface area (Å²) in [6.07, 6.45) is 0.374. The van der Waals surface area contributed by atoms with Gasteiger partial charge in [0.05, 0.1) is 22.6 Å². The molecule has 6 nitrogen and oxygen atoms in total. The van der Waals surface area contributed by atoms with Crippen molar-refractivity contribution in [2.75, 3.05) is 11.5 Å². The van der Waals surface area contributed by atoms with Crippen LogP contribution in [-0.4, -0.2) is 27.9 Å². The van der Waals surface area contributed by atoms with Crippen LogP contribution < -0.4 is 5.32 Å². The van der Waals surface area contributed by atoms with E-state index >= 15 is 0 Å². The lowest BCUT2D eigenvalue weighted by atomic mass is 10.00. The number of nitro benzene ring substituents is 1. The average molecular weight is 313 g/mol. The topological polar surface area (TPSA) is 96.0 Å². The molecule has 0 radical (unpaired) electrons. The number of thioether (sulfide) groups is 1. The molecule has 1 N–H and O–H groups in total. The molecule has 0 aliphatic carbocycles. The largest absolute Gasteiger partial charge is 0.333 e. The van der Waals surface area contributed by atoms with Crippen LogP contribution in [0.5, 0.6) is 0 Å². The van der Waals surface area contributed by atoms with Gasteiger partial charge in [-0.2, -0.15) is 21.4 Å². The van der Waals surface area contributed by atoms with Crippen molar-refractivity contribution >= 4 is 23.4 Å². The van der Waals surface area contributed by atoms with Crippen LogP contribution >= 0.6 is 11.8 Å². The highest BCUT2D eigenvalue weighted by Gasteiger charge is 2.37. The third kappa shape index (κ3) is 2.95. The van der Waals surface area contributed by atoms with Crippen molar-refractivity contribution in [1.29, 1.82) is 5.26 Å². The Morgan fingerprint density at radius 3 is 2.76 bits per heavy atom. The van der Waals surface area contributed by atoms with Crippen LogP contribution in [0.15, 0.2) is 12.1 Å². The van der Waals surface area contributed by atoms with Gasteiger partial charge in [-0.05, 0) is 18.2 Å². The summed E-state index contributed by atoms with van der Waals surface area (Å²) < 4.78 is 27.2. The summed E-state index contributed by atoms with van der Waals surface area (Å²) in [5, 5.41) is 22.1. The number of nitrogens with zero attached hydrogens (tertiary/aromatic N) is 2. The Morgan fingerprint density at radius 1 is 1.52 bits per heavy atom. The Kier molecular flexibility index (Phi) is 4.09. The molecule has 1 unspecified atom stereocenters. The first-order valence-corrected chi connectivity index (χ1v) is 6.99. The number of rotatable bonds is 3. The number of amides is 1. The zero-order valence-electron chi connectivity index (χ0n) is 10.6. The van der Waals surface area contributed by atoms with Crippen LogP contribution in [0, 0.1) is 33.1 Å². The Hall–Kier alpha value is -2.21. The standard InChI is InChI=1S/C12H9F2N3O3S/c13-7-3-8(10(14)9(4-7)17(19)20)11(18)16-12(5-15)1-2-21-6-12/h3-4H,1-2,6H2,(H,16,18). The number of hydrogen-bond acceptors (Lipinski definition) is 5. The fraction of sp³-hybridized carbons (Fsp3) is 0.333. The number of nitrogens with one attached hydrogen (secondary N) is 1. The molecule has 0 aromatic heterocycles. The van der Waals surface area contributed by atoms with Gasteiger partial charge in [0.15, 0.2) is 0 Å². The maximum absolute atomic E-state index is 13.9. The lowest BCUT2D eigenvalue weighted by molar-refractivity contribution is -0.387. The van der Waals surface area contributed by atoms with Crippen molar-refractivity contribution in [2.45, 2.75) is 12.0 Å². The number of hydrogen-bond donors (Lipinski definition) is 1. The number of carbonyl (C=O) groups excluding carboxylic acids is 1. The van der Waals surface area contributed by atoms with Crippen molar-refractivity contribution in [2.24, 2.45) is 0 Å². The third-order valence-corrected chi connectivity index (χ3v) is 4.24. The summed E-state index contributed by atoms with van der Waals surface area (Å²) in [5.74, 6) is -2.58. The fourth-order valence-electron chi connectivity index (χ4n) is 1.94. The van der Waals surface area contributed by atoms with E-state index in [0.29, 0.717) is 30.1 Å². The summed E-state index contributed by atoms with van der Waals surface area (Å²) in [7, 11) is 0. The molecule has 1 aromatic rings. The normalized spacial score (nSPS) is 20.8. The second-order valence-electron chi connectivity index (χ2n) is 4.49. The molecule has 0 bridgehead atoms. The number of halogens is 2. The SMILES string of the molecule is N#CC1(NC(=O)c2cc(F)cc([N+](=O)[O-])c2F)CCSC1. The highest BCUT2D eigenvalue weighted by atomic mass is 32.2. The molecule has 21 heavy (non-hydrogen) atoms. The number of benzene rings is 1. The molecule has 1 fully saturated rings. The summed E-state index contributed by atoms with van der Waals surface area (Å²) >= 11 is 1.44. The number of carbonyl (C=O) groups is 1. The van der Waals surface area contributed by atoms with Gasteiger partial charge in [0.1, 0.15) is 11.4 Å². The third-order valence-electron chi connectivity index (χ3n) is 3.05. The second kappa shape index (κ2) is 5.65. The first-order valence-electron chi connectivity index (χ1n) is 5.83. The second-order valence-corrected chi connectivity index (χ2v) is 5.60. The molecule has 9 heteroatoms. The van der Waals surface area contributed by atoms with Gasteiger partial charge in [0.2, 0.25) is 5.82 Å². The molecule has 1 heterocycles. The van der Waals surface area contributed by atoms with Gasteiger partial charge in [0.25, 0.3) is 5.91 Å². The van der Waals surface area contributed by atoms with Gasteiger partial charge in [0, 0.05) is 5.75 Å². The summed E-state index contributed by atoms with van der Waals surface area (Å²) in [5.41, 5.74) is -3.06.